The number of allylic oxidation sites excluding steroid dienone is 8. The van der Waals surface area contributed by atoms with Gasteiger partial charge < -0.3 is 14.2 Å². The van der Waals surface area contributed by atoms with Gasteiger partial charge in [0.1, 0.15) is 13.2 Å². The molecule has 0 fully saturated rings. The Labute approximate surface area is 403 Å². The van der Waals surface area contributed by atoms with E-state index in [2.05, 4.69) is 69.4 Å². The van der Waals surface area contributed by atoms with Crippen LogP contribution < -0.4 is 0 Å². The maximum Gasteiger partial charge on any atom is 0.306 e. The third-order valence-corrected chi connectivity index (χ3v) is 12.3. The van der Waals surface area contributed by atoms with Gasteiger partial charge in [-0.1, -0.05) is 243 Å². The van der Waals surface area contributed by atoms with E-state index in [0.717, 1.165) is 77.0 Å². The molecule has 65 heavy (non-hydrogen) atoms. The van der Waals surface area contributed by atoms with E-state index in [1.165, 1.54) is 173 Å². The Morgan fingerprint density at radius 1 is 0.323 bits per heavy atom. The Hall–Kier alpha value is -2.63. The molecule has 0 aromatic rings. The van der Waals surface area contributed by atoms with E-state index in [9.17, 15) is 14.4 Å². The quantitative estimate of drug-likeness (QED) is 0.0262. The zero-order valence-electron chi connectivity index (χ0n) is 43.3. The molecule has 0 saturated heterocycles. The van der Waals surface area contributed by atoms with E-state index < -0.39 is 6.10 Å². The van der Waals surface area contributed by atoms with Gasteiger partial charge in [-0.2, -0.15) is 0 Å². The van der Waals surface area contributed by atoms with Crippen molar-refractivity contribution in [1.82, 2.24) is 0 Å². The molecule has 0 radical (unpaired) electrons. The van der Waals surface area contributed by atoms with Gasteiger partial charge in [-0.05, 0) is 77.0 Å². The Morgan fingerprint density at radius 3 is 0.985 bits per heavy atom. The number of rotatable bonds is 51. The second-order valence-corrected chi connectivity index (χ2v) is 18.8. The van der Waals surface area contributed by atoms with Crippen molar-refractivity contribution in [2.45, 2.75) is 297 Å². The van der Waals surface area contributed by atoms with Crippen molar-refractivity contribution in [3.63, 3.8) is 0 Å². The molecule has 1 unspecified atom stereocenters. The SMILES string of the molecule is CC/C=C\C/C=C\C/C=C\CCCCC(=O)OCC(COC(=O)CCCCCCCCCCCCCCCCCCCC)OC(=O)CCCCCCCCC/C=C\CCCCCCCC. The van der Waals surface area contributed by atoms with Crippen LogP contribution in [0.5, 0.6) is 0 Å². The van der Waals surface area contributed by atoms with Crippen LogP contribution in [0.1, 0.15) is 290 Å². The van der Waals surface area contributed by atoms with Gasteiger partial charge in [-0.15, -0.1) is 0 Å². The van der Waals surface area contributed by atoms with Gasteiger partial charge >= 0.3 is 17.9 Å². The van der Waals surface area contributed by atoms with Crippen molar-refractivity contribution in [1.29, 1.82) is 0 Å². The molecule has 0 aromatic heterocycles. The van der Waals surface area contributed by atoms with Crippen LogP contribution in [0.25, 0.3) is 0 Å². The molecular formula is C59H106O6. The molecule has 1 atom stereocenters. The summed E-state index contributed by atoms with van der Waals surface area (Å²) < 4.78 is 16.8. The fraction of sp³-hybridized carbons (Fsp3) is 0.814. The smallest absolute Gasteiger partial charge is 0.306 e. The minimum atomic E-state index is -0.788. The highest BCUT2D eigenvalue weighted by Crippen LogP contribution is 2.16. The fourth-order valence-electron chi connectivity index (χ4n) is 8.10. The molecule has 0 N–H and O–H groups in total. The Bertz CT molecular complexity index is 1140. The topological polar surface area (TPSA) is 78.9 Å². The van der Waals surface area contributed by atoms with Gasteiger partial charge in [0.05, 0.1) is 0 Å². The second kappa shape index (κ2) is 54.0. The predicted octanol–water partition coefficient (Wildman–Crippen LogP) is 18.7. The molecule has 0 aliphatic rings. The highest BCUT2D eigenvalue weighted by molar-refractivity contribution is 5.71. The summed E-state index contributed by atoms with van der Waals surface area (Å²) in [4.78, 5) is 38.1. The molecule has 0 spiro atoms. The van der Waals surface area contributed by atoms with E-state index in [-0.39, 0.29) is 31.1 Å². The van der Waals surface area contributed by atoms with Gasteiger partial charge in [-0.25, -0.2) is 0 Å². The third-order valence-electron chi connectivity index (χ3n) is 12.3. The van der Waals surface area contributed by atoms with E-state index in [1.807, 2.05) is 0 Å². The van der Waals surface area contributed by atoms with E-state index in [4.69, 9.17) is 14.2 Å². The summed E-state index contributed by atoms with van der Waals surface area (Å²) in [6.07, 6.45) is 65.4. The monoisotopic (exact) mass is 911 g/mol. The Kier molecular flexibility index (Phi) is 51.8. The maximum absolute atomic E-state index is 12.8. The average molecular weight is 911 g/mol. The fourth-order valence-corrected chi connectivity index (χ4v) is 8.10. The second-order valence-electron chi connectivity index (χ2n) is 18.8. The molecule has 378 valence electrons. The molecule has 0 aromatic carbocycles. The summed E-state index contributed by atoms with van der Waals surface area (Å²) in [5.41, 5.74) is 0. The molecule has 0 aliphatic carbocycles. The lowest BCUT2D eigenvalue weighted by Gasteiger charge is -2.18. The van der Waals surface area contributed by atoms with Gasteiger partial charge in [0, 0.05) is 19.3 Å². The summed E-state index contributed by atoms with van der Waals surface area (Å²) in [5, 5.41) is 0. The lowest BCUT2D eigenvalue weighted by Crippen LogP contribution is -2.30. The molecule has 0 rings (SSSR count). The zero-order valence-corrected chi connectivity index (χ0v) is 43.3. The van der Waals surface area contributed by atoms with Crippen LogP contribution in [0.3, 0.4) is 0 Å². The van der Waals surface area contributed by atoms with Gasteiger partial charge in [0.15, 0.2) is 6.10 Å². The van der Waals surface area contributed by atoms with Gasteiger partial charge in [-0.3, -0.25) is 14.4 Å². The average Bonchev–Trinajstić information content (AvgIpc) is 3.30. The molecule has 0 bridgehead atoms. The first kappa shape index (κ1) is 62.4. The number of unbranched alkanes of at least 4 members (excludes halogenated alkanes) is 32. The number of esters is 3. The number of carbonyl (C=O) groups excluding carboxylic acids is 3. The van der Waals surface area contributed by atoms with Crippen LogP contribution in [0.15, 0.2) is 48.6 Å². The Morgan fingerprint density at radius 2 is 0.600 bits per heavy atom. The molecular weight excluding hydrogens is 805 g/mol. The first-order valence-corrected chi connectivity index (χ1v) is 28.1. The maximum atomic E-state index is 12.8. The van der Waals surface area contributed by atoms with E-state index >= 15 is 0 Å². The molecule has 0 amide bonds. The third kappa shape index (κ3) is 52.2. The minimum Gasteiger partial charge on any atom is -0.462 e. The van der Waals surface area contributed by atoms with Gasteiger partial charge in [0.2, 0.25) is 0 Å². The molecule has 0 aliphatic heterocycles. The van der Waals surface area contributed by atoms with Crippen molar-refractivity contribution in [2.24, 2.45) is 0 Å². The summed E-state index contributed by atoms with van der Waals surface area (Å²) in [7, 11) is 0. The normalized spacial score (nSPS) is 12.4. The summed E-state index contributed by atoms with van der Waals surface area (Å²) in [6.45, 7) is 6.51. The largest absolute Gasteiger partial charge is 0.462 e. The molecule has 6 nitrogen and oxygen atoms in total. The van der Waals surface area contributed by atoms with Crippen LogP contribution in [-0.4, -0.2) is 37.2 Å². The van der Waals surface area contributed by atoms with Crippen molar-refractivity contribution >= 4 is 17.9 Å². The van der Waals surface area contributed by atoms with Crippen LogP contribution in [-0.2, 0) is 28.6 Å². The highest BCUT2D eigenvalue weighted by atomic mass is 16.6. The van der Waals surface area contributed by atoms with Crippen molar-refractivity contribution < 1.29 is 28.6 Å². The number of hydrogen-bond donors (Lipinski definition) is 0. The predicted molar refractivity (Wildman–Crippen MR) is 279 cm³/mol. The van der Waals surface area contributed by atoms with Crippen LogP contribution in [0.2, 0.25) is 0 Å². The number of ether oxygens (including phenoxy) is 3. The van der Waals surface area contributed by atoms with Crippen molar-refractivity contribution in [3.8, 4) is 0 Å². The Balaban J connectivity index is 4.35. The lowest BCUT2D eigenvalue weighted by atomic mass is 10.0. The lowest BCUT2D eigenvalue weighted by molar-refractivity contribution is -0.167. The molecule has 6 heteroatoms. The first-order chi connectivity index (χ1) is 32.0. The van der Waals surface area contributed by atoms with E-state index in [0.29, 0.717) is 19.3 Å². The van der Waals surface area contributed by atoms with E-state index in [1.54, 1.807) is 0 Å². The van der Waals surface area contributed by atoms with Crippen LogP contribution in [0, 0.1) is 0 Å². The minimum absolute atomic E-state index is 0.0841. The number of carbonyl (C=O) groups is 3. The standard InChI is InChI=1S/C59H106O6/c1-4-7-10-13-16-19-22-25-27-29-31-32-34-37-40-43-46-49-52-58(61)64-55-56(54-63-57(60)51-48-45-42-39-36-24-21-18-15-12-9-6-3)65-59(62)53-50-47-44-41-38-35-33-30-28-26-23-20-17-14-11-8-5-2/h9,12,18,21,26,28,36,39,56H,4-8,10-11,13-17,19-20,22-25,27,29-35,37-38,40-55H2,1-3H3/b12-9-,21-18-,28-26-,39-36-. The molecule has 0 saturated carbocycles. The molecule has 0 heterocycles. The van der Waals surface area contributed by atoms with Gasteiger partial charge in [0.25, 0.3) is 0 Å². The summed E-state index contributed by atoms with van der Waals surface area (Å²) in [5.74, 6) is -0.917. The summed E-state index contributed by atoms with van der Waals surface area (Å²) in [6, 6.07) is 0. The highest BCUT2D eigenvalue weighted by Gasteiger charge is 2.19. The zero-order chi connectivity index (χ0) is 47.2. The van der Waals surface area contributed by atoms with Crippen molar-refractivity contribution in [2.75, 3.05) is 13.2 Å². The summed E-state index contributed by atoms with van der Waals surface area (Å²) >= 11 is 0. The first-order valence-electron chi connectivity index (χ1n) is 28.1. The van der Waals surface area contributed by atoms with Crippen LogP contribution in [0.4, 0.5) is 0 Å². The van der Waals surface area contributed by atoms with Crippen LogP contribution >= 0.6 is 0 Å². The number of hydrogen-bond acceptors (Lipinski definition) is 6. The van der Waals surface area contributed by atoms with Crippen molar-refractivity contribution in [3.05, 3.63) is 48.6 Å².